The van der Waals surface area contributed by atoms with E-state index < -0.39 is 17.7 Å². The van der Waals surface area contributed by atoms with Crippen molar-refractivity contribution in [2.45, 2.75) is 25.9 Å². The molecule has 0 aliphatic carbocycles. The summed E-state index contributed by atoms with van der Waals surface area (Å²) in [5.41, 5.74) is 1.09. The molecule has 3 aromatic rings. The number of rotatable bonds is 5. The van der Waals surface area contributed by atoms with Crippen molar-refractivity contribution in [3.05, 3.63) is 77.9 Å². The van der Waals surface area contributed by atoms with Gasteiger partial charge in [0.1, 0.15) is 17.7 Å². The Morgan fingerprint density at radius 3 is 2.42 bits per heavy atom. The van der Waals surface area contributed by atoms with E-state index in [1.165, 1.54) is 12.1 Å². The lowest BCUT2D eigenvalue weighted by Gasteiger charge is -2.17. The fourth-order valence-electron chi connectivity index (χ4n) is 3.02. The van der Waals surface area contributed by atoms with Crippen molar-refractivity contribution in [2.24, 2.45) is 0 Å². The molecule has 0 aromatic heterocycles. The number of hydrogen-bond donors (Lipinski definition) is 2. The molecule has 0 aliphatic heterocycles. The summed E-state index contributed by atoms with van der Waals surface area (Å²) in [5, 5.41) is 6.79. The summed E-state index contributed by atoms with van der Waals surface area (Å²) in [7, 11) is 0. The van der Waals surface area contributed by atoms with Crippen molar-refractivity contribution < 1.29 is 18.9 Å². The van der Waals surface area contributed by atoms with Crippen molar-refractivity contribution in [3.8, 4) is 0 Å². The first-order chi connectivity index (χ1) is 12.4. The van der Waals surface area contributed by atoms with Gasteiger partial charge in [-0.2, -0.15) is 0 Å². The molecule has 0 spiro atoms. The predicted octanol–water partition coefficient (Wildman–Crippen LogP) is 3.77. The molecule has 2 atom stereocenters. The Balaban J connectivity index is 1.66. The van der Waals surface area contributed by atoms with Crippen LogP contribution >= 0.6 is 0 Å². The first-order valence-electron chi connectivity index (χ1n) is 8.53. The largest absolute Gasteiger partial charge is 0.330 e. The average Bonchev–Trinajstić information content (AvgIpc) is 2.61. The molecule has 0 saturated carbocycles. The van der Waals surface area contributed by atoms with E-state index in [1.54, 1.807) is 19.2 Å². The number of nitrogens with one attached hydrogen (secondary N) is 1. The van der Waals surface area contributed by atoms with Crippen LogP contribution in [-0.2, 0) is 4.79 Å². The van der Waals surface area contributed by atoms with Crippen LogP contribution in [0.2, 0.25) is 0 Å². The number of halogens is 2. The molecule has 0 aliphatic rings. The number of carbonyl (C=O) groups excluding carboxylic acids is 1. The van der Waals surface area contributed by atoms with Crippen molar-refractivity contribution in [2.75, 3.05) is 5.32 Å². The minimum Gasteiger partial charge on any atom is -0.330 e. The quantitative estimate of drug-likeness (QED) is 0.719. The molecule has 134 valence electrons. The molecule has 0 bridgehead atoms. The Morgan fingerprint density at radius 2 is 1.69 bits per heavy atom. The number of benzene rings is 3. The number of quaternary nitrogens is 1. The van der Waals surface area contributed by atoms with Crippen LogP contribution in [0.1, 0.15) is 25.5 Å². The van der Waals surface area contributed by atoms with Gasteiger partial charge in [0.2, 0.25) is 0 Å². The van der Waals surface area contributed by atoms with Gasteiger partial charge in [-0.1, -0.05) is 30.3 Å². The predicted molar refractivity (Wildman–Crippen MR) is 98.7 cm³/mol. The van der Waals surface area contributed by atoms with Gasteiger partial charge in [-0.25, -0.2) is 8.78 Å². The normalized spacial score (nSPS) is 13.4. The van der Waals surface area contributed by atoms with Crippen LogP contribution in [-0.4, -0.2) is 11.9 Å². The molecule has 1 amide bonds. The summed E-state index contributed by atoms with van der Waals surface area (Å²) in [6.07, 6.45) is 0. The maximum atomic E-state index is 13.9. The molecular weight excluding hydrogens is 334 g/mol. The van der Waals surface area contributed by atoms with Crippen LogP contribution < -0.4 is 10.6 Å². The summed E-state index contributed by atoms with van der Waals surface area (Å²) in [6, 6.07) is 16.4. The zero-order valence-corrected chi connectivity index (χ0v) is 14.7. The third-order valence-corrected chi connectivity index (χ3v) is 4.46. The van der Waals surface area contributed by atoms with Gasteiger partial charge in [0.15, 0.2) is 6.04 Å². The molecule has 3 N–H and O–H groups in total. The van der Waals surface area contributed by atoms with E-state index in [-0.39, 0.29) is 11.9 Å². The first-order valence-corrected chi connectivity index (χ1v) is 8.53. The van der Waals surface area contributed by atoms with E-state index in [0.29, 0.717) is 5.56 Å². The number of nitrogens with two attached hydrogens (primary N) is 1. The maximum absolute atomic E-state index is 13.9. The molecule has 3 nitrogen and oxygen atoms in total. The van der Waals surface area contributed by atoms with Gasteiger partial charge >= 0.3 is 0 Å². The van der Waals surface area contributed by atoms with E-state index in [2.05, 4.69) is 5.32 Å². The molecule has 0 saturated heterocycles. The third kappa shape index (κ3) is 4.06. The molecule has 3 aromatic carbocycles. The highest BCUT2D eigenvalue weighted by Gasteiger charge is 2.22. The second kappa shape index (κ2) is 7.62. The van der Waals surface area contributed by atoms with Crippen molar-refractivity contribution >= 4 is 22.4 Å². The monoisotopic (exact) mass is 355 g/mol. The third-order valence-electron chi connectivity index (χ3n) is 4.46. The molecule has 0 fully saturated rings. The summed E-state index contributed by atoms with van der Waals surface area (Å²) >= 11 is 0. The van der Waals surface area contributed by atoms with Gasteiger partial charge < -0.3 is 10.6 Å². The lowest BCUT2D eigenvalue weighted by molar-refractivity contribution is -0.710. The van der Waals surface area contributed by atoms with E-state index in [4.69, 9.17) is 0 Å². The lowest BCUT2D eigenvalue weighted by Crippen LogP contribution is -2.91. The van der Waals surface area contributed by atoms with Crippen LogP contribution in [0.3, 0.4) is 0 Å². The van der Waals surface area contributed by atoms with Crippen LogP contribution in [0.25, 0.3) is 10.8 Å². The molecule has 0 unspecified atom stereocenters. The van der Waals surface area contributed by atoms with E-state index >= 15 is 0 Å². The first kappa shape index (κ1) is 18.0. The summed E-state index contributed by atoms with van der Waals surface area (Å²) in [5.74, 6) is -1.38. The van der Waals surface area contributed by atoms with E-state index in [9.17, 15) is 13.6 Å². The Labute approximate surface area is 151 Å². The molecular formula is C21H21F2N2O+. The Kier molecular flexibility index (Phi) is 5.28. The van der Waals surface area contributed by atoms with Gasteiger partial charge in [-0.15, -0.1) is 0 Å². The van der Waals surface area contributed by atoms with Gasteiger partial charge in [-0.3, -0.25) is 4.79 Å². The van der Waals surface area contributed by atoms with Crippen LogP contribution in [0.4, 0.5) is 14.5 Å². The zero-order valence-electron chi connectivity index (χ0n) is 14.7. The van der Waals surface area contributed by atoms with Crippen LogP contribution in [0.15, 0.2) is 60.7 Å². The second-order valence-electron chi connectivity index (χ2n) is 6.49. The highest BCUT2D eigenvalue weighted by Crippen LogP contribution is 2.19. The number of carbonyl (C=O) groups is 1. The zero-order chi connectivity index (χ0) is 18.7. The Hall–Kier alpha value is -2.79. The highest BCUT2D eigenvalue weighted by molar-refractivity contribution is 5.96. The fraction of sp³-hybridized carbons (Fsp3) is 0.190. The van der Waals surface area contributed by atoms with Crippen molar-refractivity contribution in [3.63, 3.8) is 0 Å². The van der Waals surface area contributed by atoms with Crippen LogP contribution in [0, 0.1) is 11.6 Å². The number of fused-ring (bicyclic) bond motifs is 1. The van der Waals surface area contributed by atoms with Gasteiger partial charge in [0.25, 0.3) is 5.91 Å². The van der Waals surface area contributed by atoms with Crippen molar-refractivity contribution in [1.29, 1.82) is 0 Å². The number of amides is 1. The van der Waals surface area contributed by atoms with Crippen LogP contribution in [0.5, 0.6) is 0 Å². The molecule has 0 radical (unpaired) electrons. The molecule has 0 heterocycles. The standard InChI is InChI=1S/C21H20F2N2O/c1-13(19-10-8-17(22)12-20(19)23)24-14(2)21(26)25-18-9-7-15-5-3-4-6-16(15)11-18/h3-14,24H,1-2H3,(H,25,26)/p+1/t13-,14+/m1/s1. The highest BCUT2D eigenvalue weighted by atomic mass is 19.1. The second-order valence-corrected chi connectivity index (χ2v) is 6.49. The maximum Gasteiger partial charge on any atom is 0.282 e. The summed E-state index contributed by atoms with van der Waals surface area (Å²) in [6.45, 7) is 3.55. The average molecular weight is 355 g/mol. The molecule has 26 heavy (non-hydrogen) atoms. The van der Waals surface area contributed by atoms with E-state index in [0.717, 1.165) is 22.5 Å². The Bertz CT molecular complexity index is 942. The van der Waals surface area contributed by atoms with Gasteiger partial charge in [0.05, 0.1) is 0 Å². The minimum atomic E-state index is -0.611. The lowest BCUT2D eigenvalue weighted by atomic mass is 10.1. The molecule has 5 heteroatoms. The van der Waals surface area contributed by atoms with Gasteiger partial charge in [-0.05, 0) is 48.9 Å². The summed E-state index contributed by atoms with van der Waals surface area (Å²) in [4.78, 5) is 12.5. The minimum absolute atomic E-state index is 0.172. The summed E-state index contributed by atoms with van der Waals surface area (Å²) < 4.78 is 26.9. The topological polar surface area (TPSA) is 45.7 Å². The number of hydrogen-bond acceptors (Lipinski definition) is 1. The van der Waals surface area contributed by atoms with Crippen molar-refractivity contribution in [1.82, 2.24) is 0 Å². The van der Waals surface area contributed by atoms with E-state index in [1.807, 2.05) is 42.5 Å². The fourth-order valence-corrected chi connectivity index (χ4v) is 3.02. The molecule has 3 rings (SSSR count). The SMILES string of the molecule is C[C@H]([NH2+][C@H](C)c1ccc(F)cc1F)C(=O)Nc1ccc2ccccc2c1. The number of anilines is 1. The Morgan fingerprint density at radius 1 is 0.962 bits per heavy atom. The van der Waals surface area contributed by atoms with Gasteiger partial charge in [0, 0.05) is 17.3 Å². The smallest absolute Gasteiger partial charge is 0.282 e.